The molecule has 0 heterocycles. The Labute approximate surface area is 105 Å². The van der Waals surface area contributed by atoms with Crippen molar-refractivity contribution in [3.8, 4) is 0 Å². The molecule has 0 radical (unpaired) electrons. The minimum atomic E-state index is -0.510. The van der Waals surface area contributed by atoms with E-state index in [1.54, 1.807) is 0 Å². The van der Waals surface area contributed by atoms with Crippen molar-refractivity contribution in [2.75, 3.05) is 0 Å². The summed E-state index contributed by atoms with van der Waals surface area (Å²) in [6.07, 6.45) is 8.80. The molecular formula is C15H26O2. The zero-order valence-electron chi connectivity index (χ0n) is 11.2. The molecule has 0 amide bonds. The maximum absolute atomic E-state index is 11.8. The second-order valence-corrected chi connectivity index (χ2v) is 6.60. The Morgan fingerprint density at radius 3 is 1.88 bits per heavy atom. The number of hydrogen-bond acceptors (Lipinski definition) is 1. The number of carboxylic acid groups (broad SMARTS) is 1. The van der Waals surface area contributed by atoms with Crippen LogP contribution in [0.4, 0.5) is 0 Å². The first-order valence-corrected chi connectivity index (χ1v) is 7.28. The van der Waals surface area contributed by atoms with Crippen LogP contribution < -0.4 is 0 Å². The Morgan fingerprint density at radius 2 is 1.41 bits per heavy atom. The Morgan fingerprint density at radius 1 is 0.941 bits per heavy atom. The highest BCUT2D eigenvalue weighted by molar-refractivity contribution is 5.75. The van der Waals surface area contributed by atoms with Crippen LogP contribution in [0.25, 0.3) is 0 Å². The van der Waals surface area contributed by atoms with E-state index >= 15 is 0 Å². The fraction of sp³-hybridized carbons (Fsp3) is 0.933. The molecule has 0 aliphatic heterocycles. The minimum Gasteiger partial charge on any atom is -0.481 e. The summed E-state index contributed by atoms with van der Waals surface area (Å²) in [7, 11) is 0. The predicted molar refractivity (Wildman–Crippen MR) is 68.8 cm³/mol. The van der Waals surface area contributed by atoms with Crippen LogP contribution in [0, 0.1) is 23.2 Å². The largest absolute Gasteiger partial charge is 0.481 e. The Kier molecular flexibility index (Phi) is 3.79. The van der Waals surface area contributed by atoms with E-state index in [1.165, 1.54) is 12.8 Å². The molecule has 2 heteroatoms. The van der Waals surface area contributed by atoms with Gasteiger partial charge in [0, 0.05) is 0 Å². The monoisotopic (exact) mass is 238 g/mol. The molecular weight excluding hydrogens is 212 g/mol. The average molecular weight is 238 g/mol. The lowest BCUT2D eigenvalue weighted by molar-refractivity contribution is -0.157. The standard InChI is InChI=1S/C15H26O2/c1-11-3-5-13(6-4-11)15(14(16)17)9-7-12(2)8-10-15/h11-13H,3-10H2,1-2H3,(H,16,17). The summed E-state index contributed by atoms with van der Waals surface area (Å²) >= 11 is 0. The van der Waals surface area contributed by atoms with Crippen LogP contribution >= 0.6 is 0 Å². The summed E-state index contributed by atoms with van der Waals surface area (Å²) in [6, 6.07) is 0. The van der Waals surface area contributed by atoms with Crippen molar-refractivity contribution in [1.82, 2.24) is 0 Å². The first-order valence-electron chi connectivity index (χ1n) is 7.28. The number of carboxylic acids is 1. The van der Waals surface area contributed by atoms with Gasteiger partial charge in [-0.25, -0.2) is 0 Å². The maximum Gasteiger partial charge on any atom is 0.309 e. The van der Waals surface area contributed by atoms with Gasteiger partial charge in [-0.1, -0.05) is 26.7 Å². The molecule has 2 rings (SSSR count). The van der Waals surface area contributed by atoms with Crippen LogP contribution in [0.15, 0.2) is 0 Å². The summed E-state index contributed by atoms with van der Waals surface area (Å²) in [5.74, 6) is 1.47. The van der Waals surface area contributed by atoms with Crippen molar-refractivity contribution >= 4 is 5.97 Å². The van der Waals surface area contributed by atoms with Gasteiger partial charge in [-0.15, -0.1) is 0 Å². The van der Waals surface area contributed by atoms with E-state index in [9.17, 15) is 9.90 Å². The molecule has 2 fully saturated rings. The zero-order valence-corrected chi connectivity index (χ0v) is 11.2. The van der Waals surface area contributed by atoms with E-state index < -0.39 is 5.97 Å². The highest BCUT2D eigenvalue weighted by Crippen LogP contribution is 2.50. The lowest BCUT2D eigenvalue weighted by atomic mass is 9.59. The third-order valence-corrected chi connectivity index (χ3v) is 5.39. The molecule has 0 bridgehead atoms. The SMILES string of the molecule is CC1CCC(C2(C(=O)O)CCC(C)CC2)CC1. The van der Waals surface area contributed by atoms with Gasteiger partial charge in [-0.3, -0.25) is 4.79 Å². The van der Waals surface area contributed by atoms with Gasteiger partial charge >= 0.3 is 5.97 Å². The quantitative estimate of drug-likeness (QED) is 0.786. The molecule has 17 heavy (non-hydrogen) atoms. The molecule has 2 aliphatic carbocycles. The molecule has 2 aliphatic rings. The highest BCUT2D eigenvalue weighted by Gasteiger charge is 2.47. The average Bonchev–Trinajstić information content (AvgIpc) is 2.31. The van der Waals surface area contributed by atoms with E-state index in [-0.39, 0.29) is 5.41 Å². The Hall–Kier alpha value is -0.530. The van der Waals surface area contributed by atoms with Gasteiger partial charge in [-0.2, -0.15) is 0 Å². The van der Waals surface area contributed by atoms with Gasteiger partial charge in [0.15, 0.2) is 0 Å². The van der Waals surface area contributed by atoms with Crippen molar-refractivity contribution in [3.05, 3.63) is 0 Å². The Balaban J connectivity index is 2.09. The maximum atomic E-state index is 11.8. The van der Waals surface area contributed by atoms with Crippen LogP contribution in [-0.4, -0.2) is 11.1 Å². The van der Waals surface area contributed by atoms with Gasteiger partial charge in [0.25, 0.3) is 0 Å². The molecule has 0 aromatic heterocycles. The molecule has 2 saturated carbocycles. The summed E-state index contributed by atoms with van der Waals surface area (Å²) in [4.78, 5) is 11.8. The highest BCUT2D eigenvalue weighted by atomic mass is 16.4. The van der Waals surface area contributed by atoms with Crippen molar-refractivity contribution in [2.24, 2.45) is 23.2 Å². The number of hydrogen-bond donors (Lipinski definition) is 1. The predicted octanol–water partition coefficient (Wildman–Crippen LogP) is 4.09. The summed E-state index contributed by atoms with van der Waals surface area (Å²) in [5.41, 5.74) is -0.368. The normalized spacial score (nSPS) is 43.3. The van der Waals surface area contributed by atoms with Crippen molar-refractivity contribution < 1.29 is 9.90 Å². The number of rotatable bonds is 2. The van der Waals surface area contributed by atoms with Crippen LogP contribution in [0.5, 0.6) is 0 Å². The second-order valence-electron chi connectivity index (χ2n) is 6.60. The topological polar surface area (TPSA) is 37.3 Å². The van der Waals surface area contributed by atoms with Crippen molar-refractivity contribution in [2.45, 2.75) is 65.2 Å². The summed E-state index contributed by atoms with van der Waals surface area (Å²) in [5, 5.41) is 9.69. The fourth-order valence-electron chi connectivity index (χ4n) is 3.89. The van der Waals surface area contributed by atoms with Gasteiger partial charge < -0.3 is 5.11 Å². The zero-order chi connectivity index (χ0) is 12.5. The molecule has 0 aromatic rings. The van der Waals surface area contributed by atoms with E-state index in [2.05, 4.69) is 13.8 Å². The van der Waals surface area contributed by atoms with E-state index in [4.69, 9.17) is 0 Å². The molecule has 98 valence electrons. The third-order valence-electron chi connectivity index (χ3n) is 5.39. The van der Waals surface area contributed by atoms with Crippen LogP contribution in [-0.2, 0) is 4.79 Å². The van der Waals surface area contributed by atoms with E-state index in [1.807, 2.05) is 0 Å². The number of carbonyl (C=O) groups is 1. The lowest BCUT2D eigenvalue weighted by Gasteiger charge is -2.44. The van der Waals surface area contributed by atoms with E-state index in [0.29, 0.717) is 5.92 Å². The van der Waals surface area contributed by atoms with Gasteiger partial charge in [0.05, 0.1) is 5.41 Å². The van der Waals surface area contributed by atoms with Crippen LogP contribution in [0.1, 0.15) is 65.2 Å². The van der Waals surface area contributed by atoms with Crippen LogP contribution in [0.3, 0.4) is 0 Å². The first kappa shape index (κ1) is 12.9. The molecule has 2 nitrogen and oxygen atoms in total. The summed E-state index contributed by atoms with van der Waals surface area (Å²) in [6.45, 7) is 4.56. The van der Waals surface area contributed by atoms with Gasteiger partial charge in [0.1, 0.15) is 0 Å². The lowest BCUT2D eigenvalue weighted by Crippen LogP contribution is -2.43. The van der Waals surface area contributed by atoms with Gasteiger partial charge in [0.2, 0.25) is 0 Å². The number of aliphatic carboxylic acids is 1. The second kappa shape index (κ2) is 4.99. The molecule has 0 atom stereocenters. The third kappa shape index (κ3) is 2.51. The first-order chi connectivity index (χ1) is 8.04. The van der Waals surface area contributed by atoms with Crippen molar-refractivity contribution in [1.29, 1.82) is 0 Å². The van der Waals surface area contributed by atoms with E-state index in [0.717, 1.165) is 50.4 Å². The minimum absolute atomic E-state index is 0.368. The van der Waals surface area contributed by atoms with Gasteiger partial charge in [-0.05, 0) is 56.3 Å². The van der Waals surface area contributed by atoms with Crippen molar-refractivity contribution in [3.63, 3.8) is 0 Å². The molecule has 0 aromatic carbocycles. The summed E-state index contributed by atoms with van der Waals surface area (Å²) < 4.78 is 0. The molecule has 0 saturated heterocycles. The molecule has 1 N–H and O–H groups in total. The molecule has 0 unspecified atom stereocenters. The fourth-order valence-corrected chi connectivity index (χ4v) is 3.89. The smallest absolute Gasteiger partial charge is 0.309 e. The Bertz CT molecular complexity index is 269. The van der Waals surface area contributed by atoms with Crippen LogP contribution in [0.2, 0.25) is 0 Å². The molecule has 0 spiro atoms.